The number of rotatable bonds is 4. The topological polar surface area (TPSA) is 41.1 Å². The van der Waals surface area contributed by atoms with Crippen molar-refractivity contribution in [2.45, 2.75) is 6.92 Å². The molecule has 0 aliphatic heterocycles. The van der Waals surface area contributed by atoms with Crippen LogP contribution in [0.5, 0.6) is 0 Å². The van der Waals surface area contributed by atoms with Gasteiger partial charge in [0.25, 0.3) is 0 Å². The molecule has 2 N–H and O–H groups in total. The van der Waals surface area contributed by atoms with Crippen molar-refractivity contribution in [3.63, 3.8) is 0 Å². The van der Waals surface area contributed by atoms with Crippen molar-refractivity contribution in [3.05, 3.63) is 59.7 Å². The zero-order chi connectivity index (χ0) is 14.5. The first-order chi connectivity index (χ1) is 9.54. The zero-order valence-corrected chi connectivity index (χ0v) is 10.9. The van der Waals surface area contributed by atoms with Gasteiger partial charge in [0.05, 0.1) is 12.2 Å². The molecule has 0 heterocycles. The van der Waals surface area contributed by atoms with E-state index < -0.39 is 11.6 Å². The maximum absolute atomic E-state index is 13.3. The fourth-order valence-electron chi connectivity index (χ4n) is 1.65. The van der Waals surface area contributed by atoms with Crippen LogP contribution < -0.4 is 10.6 Å². The lowest BCUT2D eigenvalue weighted by molar-refractivity contribution is -0.114. The smallest absolute Gasteiger partial charge is 0.243 e. The molecule has 2 rings (SSSR count). The summed E-state index contributed by atoms with van der Waals surface area (Å²) >= 11 is 0. The highest BCUT2D eigenvalue weighted by molar-refractivity contribution is 5.93. The second kappa shape index (κ2) is 6.14. The fraction of sp³-hybridized carbons (Fsp3) is 0.133. The predicted octanol–water partition coefficient (Wildman–Crippen LogP) is 3.32. The van der Waals surface area contributed by atoms with Crippen LogP contribution in [-0.2, 0) is 4.79 Å². The van der Waals surface area contributed by atoms with Gasteiger partial charge in [0, 0.05) is 11.8 Å². The van der Waals surface area contributed by atoms with Crippen LogP contribution in [0.15, 0.2) is 42.5 Å². The lowest BCUT2D eigenvalue weighted by Gasteiger charge is -2.08. The Bertz CT molecular complexity index is 612. The van der Waals surface area contributed by atoms with Crippen molar-refractivity contribution in [2.24, 2.45) is 0 Å². The molecular formula is C15H14F2N2O. The quantitative estimate of drug-likeness (QED) is 0.899. The highest BCUT2D eigenvalue weighted by atomic mass is 19.1. The molecule has 0 saturated carbocycles. The molecule has 0 saturated heterocycles. The standard InChI is InChI=1S/C15H14F2N2O/c1-10-2-5-12(6-3-10)19-15(20)9-18-14-7-4-11(16)8-13(14)17/h2-8,18H,9H2,1H3,(H,19,20). The number of hydrogen-bond acceptors (Lipinski definition) is 2. The van der Waals surface area contributed by atoms with Gasteiger partial charge in [-0.15, -0.1) is 0 Å². The molecule has 104 valence electrons. The fourth-order valence-corrected chi connectivity index (χ4v) is 1.65. The minimum absolute atomic E-state index is 0.0884. The van der Waals surface area contributed by atoms with E-state index in [-0.39, 0.29) is 18.1 Å². The Morgan fingerprint density at radius 3 is 2.45 bits per heavy atom. The van der Waals surface area contributed by atoms with Crippen molar-refractivity contribution in [1.29, 1.82) is 0 Å². The summed E-state index contributed by atoms with van der Waals surface area (Å²) in [7, 11) is 0. The van der Waals surface area contributed by atoms with Crippen LogP contribution in [-0.4, -0.2) is 12.5 Å². The monoisotopic (exact) mass is 276 g/mol. The van der Waals surface area contributed by atoms with Crippen molar-refractivity contribution >= 4 is 17.3 Å². The summed E-state index contributed by atoms with van der Waals surface area (Å²) in [5.74, 6) is -1.69. The van der Waals surface area contributed by atoms with E-state index in [4.69, 9.17) is 0 Å². The van der Waals surface area contributed by atoms with E-state index in [1.807, 2.05) is 19.1 Å². The molecule has 0 aliphatic carbocycles. The second-order valence-corrected chi connectivity index (χ2v) is 4.39. The van der Waals surface area contributed by atoms with Gasteiger partial charge in [-0.2, -0.15) is 0 Å². The van der Waals surface area contributed by atoms with Gasteiger partial charge in [0.2, 0.25) is 5.91 Å². The average molecular weight is 276 g/mol. The van der Waals surface area contributed by atoms with Gasteiger partial charge in [-0.1, -0.05) is 17.7 Å². The Kier molecular flexibility index (Phi) is 4.30. The van der Waals surface area contributed by atoms with Crippen LogP contribution in [0.2, 0.25) is 0 Å². The van der Waals surface area contributed by atoms with Crippen LogP contribution in [0.4, 0.5) is 20.2 Å². The van der Waals surface area contributed by atoms with Crippen molar-refractivity contribution in [2.75, 3.05) is 17.2 Å². The maximum atomic E-state index is 13.3. The normalized spacial score (nSPS) is 10.2. The summed E-state index contributed by atoms with van der Waals surface area (Å²) in [6, 6.07) is 10.5. The first kappa shape index (κ1) is 14.0. The molecule has 0 unspecified atom stereocenters. The molecule has 3 nitrogen and oxygen atoms in total. The van der Waals surface area contributed by atoms with E-state index in [0.717, 1.165) is 17.7 Å². The highest BCUT2D eigenvalue weighted by Gasteiger charge is 2.06. The largest absolute Gasteiger partial charge is 0.374 e. The van der Waals surface area contributed by atoms with Gasteiger partial charge in [-0.3, -0.25) is 4.79 Å². The third-order valence-corrected chi connectivity index (χ3v) is 2.71. The first-order valence-corrected chi connectivity index (χ1v) is 6.10. The summed E-state index contributed by atoms with van der Waals surface area (Å²) in [6.45, 7) is 1.85. The van der Waals surface area contributed by atoms with Gasteiger partial charge >= 0.3 is 0 Å². The number of carbonyl (C=O) groups is 1. The molecule has 20 heavy (non-hydrogen) atoms. The number of aryl methyl sites for hydroxylation is 1. The molecule has 0 aliphatic rings. The second-order valence-electron chi connectivity index (χ2n) is 4.39. The predicted molar refractivity (Wildman–Crippen MR) is 74.7 cm³/mol. The third-order valence-electron chi connectivity index (χ3n) is 2.71. The number of anilines is 2. The molecule has 0 aromatic heterocycles. The lowest BCUT2D eigenvalue weighted by Crippen LogP contribution is -2.22. The third kappa shape index (κ3) is 3.78. The summed E-state index contributed by atoms with van der Waals surface area (Å²) < 4.78 is 26.1. The summed E-state index contributed by atoms with van der Waals surface area (Å²) in [4.78, 5) is 11.7. The van der Waals surface area contributed by atoms with Crippen molar-refractivity contribution in [3.8, 4) is 0 Å². The van der Waals surface area contributed by atoms with Gasteiger partial charge in [-0.25, -0.2) is 8.78 Å². The van der Waals surface area contributed by atoms with Crippen LogP contribution in [0.3, 0.4) is 0 Å². The molecule has 0 radical (unpaired) electrons. The molecule has 0 atom stereocenters. The molecular weight excluding hydrogens is 262 g/mol. The first-order valence-electron chi connectivity index (χ1n) is 6.10. The minimum Gasteiger partial charge on any atom is -0.374 e. The Hall–Kier alpha value is -2.43. The van der Waals surface area contributed by atoms with Gasteiger partial charge < -0.3 is 10.6 Å². The lowest BCUT2D eigenvalue weighted by atomic mass is 10.2. The maximum Gasteiger partial charge on any atom is 0.243 e. The van der Waals surface area contributed by atoms with Crippen LogP contribution in [0.25, 0.3) is 0 Å². The molecule has 2 aromatic rings. The summed E-state index contributed by atoms with van der Waals surface area (Å²) in [5.41, 5.74) is 1.85. The summed E-state index contributed by atoms with van der Waals surface area (Å²) in [6.07, 6.45) is 0. The molecule has 0 fully saturated rings. The van der Waals surface area contributed by atoms with Gasteiger partial charge in [0.15, 0.2) is 0 Å². The Morgan fingerprint density at radius 2 is 1.80 bits per heavy atom. The number of benzene rings is 2. The molecule has 2 aromatic carbocycles. The molecule has 5 heteroatoms. The number of carbonyl (C=O) groups excluding carboxylic acids is 1. The SMILES string of the molecule is Cc1ccc(NC(=O)CNc2ccc(F)cc2F)cc1. The number of nitrogens with one attached hydrogen (secondary N) is 2. The van der Waals surface area contributed by atoms with E-state index in [1.54, 1.807) is 12.1 Å². The Balaban J connectivity index is 1.90. The number of hydrogen-bond donors (Lipinski definition) is 2. The van der Waals surface area contributed by atoms with Crippen LogP contribution in [0.1, 0.15) is 5.56 Å². The van der Waals surface area contributed by atoms with E-state index in [0.29, 0.717) is 5.69 Å². The molecule has 1 amide bonds. The van der Waals surface area contributed by atoms with Crippen LogP contribution >= 0.6 is 0 Å². The number of halogens is 2. The van der Waals surface area contributed by atoms with Crippen molar-refractivity contribution < 1.29 is 13.6 Å². The Morgan fingerprint density at radius 1 is 1.10 bits per heavy atom. The van der Waals surface area contributed by atoms with E-state index in [2.05, 4.69) is 10.6 Å². The number of amides is 1. The molecule has 0 spiro atoms. The van der Waals surface area contributed by atoms with E-state index in [1.165, 1.54) is 6.07 Å². The van der Waals surface area contributed by atoms with Gasteiger partial charge in [-0.05, 0) is 31.2 Å². The van der Waals surface area contributed by atoms with E-state index in [9.17, 15) is 13.6 Å². The Labute approximate surface area is 115 Å². The van der Waals surface area contributed by atoms with E-state index >= 15 is 0 Å². The van der Waals surface area contributed by atoms with Crippen molar-refractivity contribution in [1.82, 2.24) is 0 Å². The highest BCUT2D eigenvalue weighted by Crippen LogP contribution is 2.14. The summed E-state index contributed by atoms with van der Waals surface area (Å²) in [5, 5.41) is 5.29. The van der Waals surface area contributed by atoms with Gasteiger partial charge in [0.1, 0.15) is 11.6 Å². The average Bonchev–Trinajstić information content (AvgIpc) is 2.40. The van der Waals surface area contributed by atoms with Crippen LogP contribution in [0, 0.1) is 18.6 Å². The zero-order valence-electron chi connectivity index (χ0n) is 10.9. The minimum atomic E-state index is -0.729. The molecule has 0 bridgehead atoms.